The number of methoxy groups -OCH3 is 1. The fourth-order valence-corrected chi connectivity index (χ4v) is 1.19. The van der Waals surface area contributed by atoms with E-state index in [0.29, 0.717) is 6.61 Å². The lowest BCUT2D eigenvalue weighted by Gasteiger charge is -2.06. The molecule has 0 atom stereocenters. The number of nitrogens with zero attached hydrogens (tertiary/aromatic N) is 3. The smallest absolute Gasteiger partial charge is 0.224 e. The molecule has 0 saturated heterocycles. The van der Waals surface area contributed by atoms with Crippen molar-refractivity contribution in [2.75, 3.05) is 19.0 Å². The molecule has 0 amide bonds. The highest BCUT2D eigenvalue weighted by Gasteiger charge is 2.08. The first kappa shape index (κ1) is 9.98. The molecule has 1 N–H and O–H groups in total. The third-order valence-corrected chi connectivity index (χ3v) is 1.75. The van der Waals surface area contributed by atoms with E-state index in [0.717, 1.165) is 24.9 Å². The quantitative estimate of drug-likeness (QED) is 0.738. The molecule has 1 aromatic heterocycles. The summed E-state index contributed by atoms with van der Waals surface area (Å²) < 4.78 is 7.02. The topological polar surface area (TPSA) is 52.0 Å². The second kappa shape index (κ2) is 4.81. The lowest BCUT2D eigenvalue weighted by atomic mass is 10.6. The van der Waals surface area contributed by atoms with Crippen LogP contribution in [0.15, 0.2) is 0 Å². The monoisotopic (exact) mass is 184 g/mol. The van der Waals surface area contributed by atoms with Crippen LogP contribution in [0.1, 0.15) is 19.7 Å². The molecule has 5 nitrogen and oxygen atoms in total. The van der Waals surface area contributed by atoms with Gasteiger partial charge in [0.05, 0.1) is 0 Å². The first-order valence-corrected chi connectivity index (χ1v) is 4.48. The van der Waals surface area contributed by atoms with Crippen LogP contribution in [0.3, 0.4) is 0 Å². The fourth-order valence-electron chi connectivity index (χ4n) is 1.19. The number of ether oxygens (including phenoxy) is 1. The van der Waals surface area contributed by atoms with Crippen molar-refractivity contribution in [3.63, 3.8) is 0 Å². The number of hydrogen-bond donors (Lipinski definition) is 1. The Morgan fingerprint density at radius 2 is 2.15 bits per heavy atom. The van der Waals surface area contributed by atoms with Crippen LogP contribution in [0, 0.1) is 0 Å². The van der Waals surface area contributed by atoms with Crippen molar-refractivity contribution >= 4 is 5.95 Å². The van der Waals surface area contributed by atoms with Gasteiger partial charge in [0.15, 0.2) is 5.82 Å². The zero-order valence-electron chi connectivity index (χ0n) is 8.37. The average Bonchev–Trinajstić information content (AvgIpc) is 2.49. The summed E-state index contributed by atoms with van der Waals surface area (Å²) in [6, 6.07) is 0. The minimum absolute atomic E-state index is 0.506. The van der Waals surface area contributed by atoms with Gasteiger partial charge in [-0.05, 0) is 13.8 Å². The number of aromatic nitrogens is 3. The molecule has 74 valence electrons. The SMILES string of the molecule is CCNc1nnc(COC)n1CC. The lowest BCUT2D eigenvalue weighted by molar-refractivity contribution is 0.174. The van der Waals surface area contributed by atoms with E-state index in [4.69, 9.17) is 4.74 Å². The summed E-state index contributed by atoms with van der Waals surface area (Å²) in [5.41, 5.74) is 0. The second-order valence-electron chi connectivity index (χ2n) is 2.65. The summed E-state index contributed by atoms with van der Waals surface area (Å²) in [5.74, 6) is 1.68. The maximum Gasteiger partial charge on any atom is 0.224 e. The summed E-state index contributed by atoms with van der Waals surface area (Å²) >= 11 is 0. The number of rotatable bonds is 5. The summed E-state index contributed by atoms with van der Waals surface area (Å²) in [5, 5.41) is 11.2. The van der Waals surface area contributed by atoms with E-state index in [2.05, 4.69) is 22.4 Å². The normalized spacial score (nSPS) is 10.4. The highest BCUT2D eigenvalue weighted by atomic mass is 16.5. The highest BCUT2D eigenvalue weighted by molar-refractivity contribution is 5.25. The average molecular weight is 184 g/mol. The van der Waals surface area contributed by atoms with E-state index in [1.165, 1.54) is 0 Å². The lowest BCUT2D eigenvalue weighted by Crippen LogP contribution is -2.08. The summed E-state index contributed by atoms with van der Waals surface area (Å²) in [7, 11) is 1.65. The van der Waals surface area contributed by atoms with E-state index < -0.39 is 0 Å². The van der Waals surface area contributed by atoms with Crippen LogP contribution in [-0.2, 0) is 17.9 Å². The Morgan fingerprint density at radius 3 is 2.69 bits per heavy atom. The van der Waals surface area contributed by atoms with E-state index in [-0.39, 0.29) is 0 Å². The fraction of sp³-hybridized carbons (Fsp3) is 0.750. The van der Waals surface area contributed by atoms with E-state index in [1.54, 1.807) is 7.11 Å². The maximum absolute atomic E-state index is 5.01. The third kappa shape index (κ3) is 2.18. The van der Waals surface area contributed by atoms with Crippen LogP contribution in [0.2, 0.25) is 0 Å². The molecular weight excluding hydrogens is 168 g/mol. The molecule has 0 spiro atoms. The maximum atomic E-state index is 5.01. The van der Waals surface area contributed by atoms with Gasteiger partial charge in [-0.2, -0.15) is 0 Å². The molecule has 0 aliphatic carbocycles. The number of hydrogen-bond acceptors (Lipinski definition) is 4. The van der Waals surface area contributed by atoms with Crippen molar-refractivity contribution in [2.45, 2.75) is 27.0 Å². The van der Waals surface area contributed by atoms with Crippen LogP contribution in [0.4, 0.5) is 5.95 Å². The van der Waals surface area contributed by atoms with Gasteiger partial charge >= 0.3 is 0 Å². The molecule has 1 heterocycles. The summed E-state index contributed by atoms with van der Waals surface area (Å²) in [4.78, 5) is 0. The molecule has 0 unspecified atom stereocenters. The molecular formula is C8H16N4O. The molecule has 0 bridgehead atoms. The third-order valence-electron chi connectivity index (χ3n) is 1.75. The minimum Gasteiger partial charge on any atom is -0.377 e. The highest BCUT2D eigenvalue weighted by Crippen LogP contribution is 2.07. The van der Waals surface area contributed by atoms with E-state index >= 15 is 0 Å². The van der Waals surface area contributed by atoms with Crippen LogP contribution in [-0.4, -0.2) is 28.4 Å². The van der Waals surface area contributed by atoms with Crippen molar-refractivity contribution < 1.29 is 4.74 Å². The Kier molecular flexibility index (Phi) is 3.70. The first-order valence-electron chi connectivity index (χ1n) is 4.48. The van der Waals surface area contributed by atoms with Crippen molar-refractivity contribution in [3.8, 4) is 0 Å². The minimum atomic E-state index is 0.506. The Hall–Kier alpha value is -1.10. The van der Waals surface area contributed by atoms with Gasteiger partial charge in [-0.15, -0.1) is 10.2 Å². The molecule has 0 saturated carbocycles. The largest absolute Gasteiger partial charge is 0.377 e. The van der Waals surface area contributed by atoms with E-state index in [9.17, 15) is 0 Å². The van der Waals surface area contributed by atoms with Crippen LogP contribution in [0.5, 0.6) is 0 Å². The molecule has 0 radical (unpaired) electrons. The Bertz CT molecular complexity index is 235. The Labute approximate surface area is 78.1 Å². The molecule has 5 heteroatoms. The molecule has 0 fully saturated rings. The molecule has 0 aliphatic heterocycles. The van der Waals surface area contributed by atoms with E-state index in [1.807, 2.05) is 11.5 Å². The van der Waals surface area contributed by atoms with Crippen LogP contribution < -0.4 is 5.32 Å². The van der Waals surface area contributed by atoms with Gasteiger partial charge in [0.1, 0.15) is 6.61 Å². The standard InChI is InChI=1S/C8H16N4O/c1-4-9-8-11-10-7(6-13-3)12(8)5-2/h4-6H2,1-3H3,(H,9,11). The van der Waals surface area contributed by atoms with Crippen molar-refractivity contribution in [3.05, 3.63) is 5.82 Å². The molecule has 0 aromatic carbocycles. The predicted octanol–water partition coefficient (Wildman–Crippen LogP) is 0.876. The van der Waals surface area contributed by atoms with Gasteiger partial charge in [0, 0.05) is 20.2 Å². The number of anilines is 1. The number of nitrogens with one attached hydrogen (secondary N) is 1. The summed E-state index contributed by atoms with van der Waals surface area (Å²) in [6.45, 7) is 6.30. The second-order valence-corrected chi connectivity index (χ2v) is 2.65. The van der Waals surface area contributed by atoms with Crippen LogP contribution in [0.25, 0.3) is 0 Å². The van der Waals surface area contributed by atoms with Crippen molar-refractivity contribution in [1.82, 2.24) is 14.8 Å². The van der Waals surface area contributed by atoms with Crippen molar-refractivity contribution in [2.24, 2.45) is 0 Å². The van der Waals surface area contributed by atoms with Gasteiger partial charge < -0.3 is 10.1 Å². The predicted molar refractivity (Wildman–Crippen MR) is 50.6 cm³/mol. The molecule has 1 rings (SSSR count). The summed E-state index contributed by atoms with van der Waals surface area (Å²) in [6.07, 6.45) is 0. The van der Waals surface area contributed by atoms with Gasteiger partial charge in [-0.1, -0.05) is 0 Å². The molecule has 13 heavy (non-hydrogen) atoms. The van der Waals surface area contributed by atoms with Crippen LogP contribution >= 0.6 is 0 Å². The molecule has 1 aromatic rings. The van der Waals surface area contributed by atoms with Gasteiger partial charge in [-0.25, -0.2) is 0 Å². The van der Waals surface area contributed by atoms with Crippen molar-refractivity contribution in [1.29, 1.82) is 0 Å². The van der Waals surface area contributed by atoms with Gasteiger partial charge in [0.2, 0.25) is 5.95 Å². The Balaban J connectivity index is 2.82. The van der Waals surface area contributed by atoms with Gasteiger partial charge in [0.25, 0.3) is 0 Å². The Morgan fingerprint density at radius 1 is 1.38 bits per heavy atom. The zero-order valence-corrected chi connectivity index (χ0v) is 8.37. The van der Waals surface area contributed by atoms with Gasteiger partial charge in [-0.3, -0.25) is 4.57 Å². The first-order chi connectivity index (χ1) is 6.33. The molecule has 0 aliphatic rings. The zero-order chi connectivity index (χ0) is 9.68.